The van der Waals surface area contributed by atoms with Gasteiger partial charge < -0.3 is 14.2 Å². The van der Waals surface area contributed by atoms with Crippen molar-refractivity contribution in [3.63, 3.8) is 0 Å². The molecule has 26 heavy (non-hydrogen) atoms. The van der Waals surface area contributed by atoms with Gasteiger partial charge in [0.2, 0.25) is 0 Å². The highest BCUT2D eigenvalue weighted by Crippen LogP contribution is 2.31. The van der Waals surface area contributed by atoms with Crippen molar-refractivity contribution < 1.29 is 4.74 Å². The smallest absolute Gasteiger partial charge is 0.282 e. The minimum Gasteiger partial charge on any atom is -0.497 e. The van der Waals surface area contributed by atoms with Gasteiger partial charge in [-0.05, 0) is 30.3 Å². The molecule has 4 rings (SSSR count). The third kappa shape index (κ3) is 2.24. The molecule has 7 heteroatoms. The third-order valence-corrected chi connectivity index (χ3v) is 4.58. The highest BCUT2D eigenvalue weighted by molar-refractivity contribution is 6.10. The van der Waals surface area contributed by atoms with Crippen molar-refractivity contribution in [2.45, 2.75) is 0 Å². The summed E-state index contributed by atoms with van der Waals surface area (Å²) in [7, 11) is 7.39. The number of fused-ring (bicyclic) bond motifs is 3. The number of ether oxygens (including phenoxy) is 1. The van der Waals surface area contributed by atoms with Crippen molar-refractivity contribution in [1.82, 2.24) is 19.1 Å². The van der Waals surface area contributed by atoms with Crippen LogP contribution in [0.3, 0.4) is 0 Å². The number of aryl methyl sites for hydroxylation is 1. The minimum atomic E-state index is -0.134. The summed E-state index contributed by atoms with van der Waals surface area (Å²) < 4.78 is 8.53. The predicted octanol–water partition coefficient (Wildman–Crippen LogP) is 2.35. The molecule has 0 spiro atoms. The van der Waals surface area contributed by atoms with E-state index in [1.807, 2.05) is 60.9 Å². The Morgan fingerprint density at radius 1 is 1.08 bits per heavy atom. The van der Waals surface area contributed by atoms with E-state index in [0.29, 0.717) is 11.0 Å². The van der Waals surface area contributed by atoms with E-state index in [1.165, 1.54) is 4.57 Å². The molecule has 4 aromatic rings. The molecule has 0 aliphatic carbocycles. The normalized spacial score (nSPS) is 11.2. The van der Waals surface area contributed by atoms with E-state index in [9.17, 15) is 4.79 Å². The van der Waals surface area contributed by atoms with Crippen molar-refractivity contribution in [3.8, 4) is 11.4 Å². The first-order valence-corrected chi connectivity index (χ1v) is 8.19. The second-order valence-corrected chi connectivity index (χ2v) is 6.30. The molecule has 0 saturated carbocycles. The van der Waals surface area contributed by atoms with Crippen molar-refractivity contribution >= 4 is 27.8 Å². The summed E-state index contributed by atoms with van der Waals surface area (Å²) in [5.41, 5.74) is 3.51. The Morgan fingerprint density at radius 3 is 2.46 bits per heavy atom. The fourth-order valence-corrected chi connectivity index (χ4v) is 3.26. The molecule has 0 saturated heterocycles. The lowest BCUT2D eigenvalue weighted by Gasteiger charge is -2.13. The van der Waals surface area contributed by atoms with Gasteiger partial charge in [0.25, 0.3) is 5.56 Å². The van der Waals surface area contributed by atoms with E-state index in [1.54, 1.807) is 19.6 Å². The van der Waals surface area contributed by atoms with Crippen LogP contribution in [0.5, 0.6) is 5.75 Å². The zero-order chi connectivity index (χ0) is 18.4. The topological polar surface area (TPSA) is 65.2 Å². The Morgan fingerprint density at radius 2 is 1.81 bits per heavy atom. The molecule has 3 heterocycles. The molecular weight excluding hydrogens is 330 g/mol. The van der Waals surface area contributed by atoms with Crippen LogP contribution in [-0.4, -0.2) is 40.3 Å². The lowest BCUT2D eigenvalue weighted by atomic mass is 10.2. The van der Waals surface area contributed by atoms with Gasteiger partial charge in [-0.15, -0.1) is 0 Å². The van der Waals surface area contributed by atoms with Gasteiger partial charge in [-0.1, -0.05) is 0 Å². The van der Waals surface area contributed by atoms with Crippen molar-refractivity contribution in [3.05, 3.63) is 53.2 Å². The van der Waals surface area contributed by atoms with Gasteiger partial charge in [0.05, 0.1) is 23.9 Å². The Hall–Kier alpha value is -3.35. The number of methoxy groups -OCH3 is 1. The molecule has 0 bridgehead atoms. The number of rotatable bonds is 3. The average molecular weight is 349 g/mol. The third-order valence-electron chi connectivity index (χ3n) is 4.58. The second kappa shape index (κ2) is 5.87. The van der Waals surface area contributed by atoms with Crippen LogP contribution in [0.4, 0.5) is 5.69 Å². The first-order chi connectivity index (χ1) is 12.5. The van der Waals surface area contributed by atoms with Gasteiger partial charge in [-0.2, -0.15) is 0 Å². The summed E-state index contributed by atoms with van der Waals surface area (Å²) in [4.78, 5) is 24.2. The van der Waals surface area contributed by atoms with Crippen LogP contribution in [0.2, 0.25) is 0 Å². The van der Waals surface area contributed by atoms with E-state index >= 15 is 0 Å². The quantitative estimate of drug-likeness (QED) is 0.568. The zero-order valence-electron chi connectivity index (χ0n) is 15.1. The van der Waals surface area contributed by atoms with Crippen LogP contribution >= 0.6 is 0 Å². The number of hydrogen-bond acceptors (Lipinski definition) is 5. The van der Waals surface area contributed by atoms with Gasteiger partial charge in [-0.3, -0.25) is 9.36 Å². The maximum atomic E-state index is 13.2. The molecule has 132 valence electrons. The van der Waals surface area contributed by atoms with Gasteiger partial charge in [0, 0.05) is 27.3 Å². The summed E-state index contributed by atoms with van der Waals surface area (Å²) in [6.45, 7) is 0. The molecule has 1 aromatic carbocycles. The summed E-state index contributed by atoms with van der Waals surface area (Å²) in [6, 6.07) is 9.23. The number of hydrogen-bond donors (Lipinski definition) is 0. The first-order valence-electron chi connectivity index (χ1n) is 8.19. The molecule has 0 N–H and O–H groups in total. The van der Waals surface area contributed by atoms with E-state index < -0.39 is 0 Å². The van der Waals surface area contributed by atoms with Crippen LogP contribution in [-0.2, 0) is 7.05 Å². The molecule has 0 amide bonds. The number of benzene rings is 1. The molecule has 7 nitrogen and oxygen atoms in total. The van der Waals surface area contributed by atoms with Crippen molar-refractivity contribution in [1.29, 1.82) is 0 Å². The summed E-state index contributed by atoms with van der Waals surface area (Å²) >= 11 is 0. The van der Waals surface area contributed by atoms with Crippen molar-refractivity contribution in [2.75, 3.05) is 26.1 Å². The van der Waals surface area contributed by atoms with E-state index in [2.05, 4.69) is 9.97 Å². The Balaban J connectivity index is 2.04. The first kappa shape index (κ1) is 16.1. The van der Waals surface area contributed by atoms with Crippen LogP contribution in [0, 0.1) is 0 Å². The van der Waals surface area contributed by atoms with Crippen LogP contribution in [0.25, 0.3) is 27.8 Å². The SMILES string of the molecule is COc1ccc(-n2cnc3c4c(N(C)C)ccnc4n(C)c3c2=O)cc1. The number of pyridine rings is 1. The average Bonchev–Trinajstić information content (AvgIpc) is 2.95. The molecule has 0 aliphatic heterocycles. The van der Waals surface area contributed by atoms with Crippen LogP contribution in [0.1, 0.15) is 0 Å². The second-order valence-electron chi connectivity index (χ2n) is 6.30. The lowest BCUT2D eigenvalue weighted by molar-refractivity contribution is 0.414. The Labute approximate surface area is 150 Å². The van der Waals surface area contributed by atoms with Crippen LogP contribution < -0.4 is 15.2 Å². The molecule has 0 radical (unpaired) electrons. The van der Waals surface area contributed by atoms with Gasteiger partial charge in [-0.25, -0.2) is 9.97 Å². The van der Waals surface area contributed by atoms with Gasteiger partial charge in [0.15, 0.2) is 0 Å². The summed E-state index contributed by atoms with van der Waals surface area (Å²) in [5, 5.41) is 0.883. The van der Waals surface area contributed by atoms with Crippen molar-refractivity contribution in [2.24, 2.45) is 7.05 Å². The predicted molar refractivity (Wildman–Crippen MR) is 102 cm³/mol. The zero-order valence-corrected chi connectivity index (χ0v) is 15.1. The molecule has 0 atom stereocenters. The largest absolute Gasteiger partial charge is 0.497 e. The monoisotopic (exact) mass is 349 g/mol. The van der Waals surface area contributed by atoms with Crippen LogP contribution in [0.15, 0.2) is 47.7 Å². The summed E-state index contributed by atoms with van der Waals surface area (Å²) in [5.74, 6) is 0.736. The molecular formula is C19H19N5O2. The Bertz CT molecular complexity index is 1170. The summed E-state index contributed by atoms with van der Waals surface area (Å²) in [6.07, 6.45) is 3.32. The fraction of sp³-hybridized carbons (Fsp3) is 0.211. The van der Waals surface area contributed by atoms with E-state index in [4.69, 9.17) is 4.74 Å². The van der Waals surface area contributed by atoms with Gasteiger partial charge in [0.1, 0.15) is 28.8 Å². The lowest BCUT2D eigenvalue weighted by Crippen LogP contribution is -2.20. The maximum Gasteiger partial charge on any atom is 0.282 e. The van der Waals surface area contributed by atoms with E-state index in [-0.39, 0.29) is 5.56 Å². The van der Waals surface area contributed by atoms with Gasteiger partial charge >= 0.3 is 0 Å². The number of nitrogens with zero attached hydrogens (tertiary/aromatic N) is 5. The molecule has 0 aliphatic rings. The number of aromatic nitrogens is 4. The molecule has 0 fully saturated rings. The minimum absolute atomic E-state index is 0.134. The fourth-order valence-electron chi connectivity index (χ4n) is 3.26. The Kier molecular flexibility index (Phi) is 3.64. The maximum absolute atomic E-state index is 13.2. The molecule has 0 unspecified atom stereocenters. The highest BCUT2D eigenvalue weighted by atomic mass is 16.5. The standard InChI is InChI=1S/C19H19N5O2/c1-22(2)14-9-10-20-18-15(14)16-17(23(18)3)19(25)24(11-21-16)12-5-7-13(26-4)8-6-12/h5-11H,1-4H3. The highest BCUT2D eigenvalue weighted by Gasteiger charge is 2.19. The van der Waals surface area contributed by atoms with E-state index in [0.717, 1.165) is 28.2 Å². The number of anilines is 1. The molecule has 3 aromatic heterocycles.